The van der Waals surface area contributed by atoms with Gasteiger partial charge in [0, 0.05) is 25.2 Å². The summed E-state index contributed by atoms with van der Waals surface area (Å²) in [6.07, 6.45) is 0. The van der Waals surface area contributed by atoms with Crippen molar-refractivity contribution >= 4 is 11.4 Å². The average Bonchev–Trinajstić information content (AvgIpc) is 2.73. The van der Waals surface area contributed by atoms with Crippen molar-refractivity contribution in [1.82, 2.24) is 9.97 Å². The molecule has 0 radical (unpaired) electrons. The van der Waals surface area contributed by atoms with E-state index in [2.05, 4.69) is 32.7 Å². The Balaban J connectivity index is 2.25. The smallest absolute Gasteiger partial charge is 0.102 e. The molecule has 2 heterocycles. The molecule has 0 aliphatic heterocycles. The number of hydrogen-bond acceptors (Lipinski definition) is 6. The van der Waals surface area contributed by atoms with E-state index in [9.17, 15) is 10.5 Å². The van der Waals surface area contributed by atoms with Gasteiger partial charge < -0.3 is 10.6 Å². The molecule has 0 unspecified atom stereocenters. The lowest BCUT2D eigenvalue weighted by molar-refractivity contribution is 1.11. The lowest BCUT2D eigenvalue weighted by Crippen LogP contribution is -2.04. The first kappa shape index (κ1) is 20.8. The number of hydrogen-bond donors (Lipinski definition) is 2. The molecule has 0 atom stereocenters. The van der Waals surface area contributed by atoms with Gasteiger partial charge in [-0.05, 0) is 38.8 Å². The highest BCUT2D eigenvalue weighted by Gasteiger charge is 2.19. The topological polar surface area (TPSA) is 97.4 Å². The Bertz CT molecular complexity index is 1110. The minimum absolute atomic E-state index is 0.557. The Hall–Kier alpha value is -3.90. The van der Waals surface area contributed by atoms with E-state index in [0.29, 0.717) is 22.5 Å². The van der Waals surface area contributed by atoms with Gasteiger partial charge in [-0.3, -0.25) is 9.97 Å². The summed E-state index contributed by atoms with van der Waals surface area (Å²) in [5.74, 6) is 0. The molecule has 0 saturated carbocycles. The van der Waals surface area contributed by atoms with Crippen molar-refractivity contribution in [2.24, 2.45) is 0 Å². The van der Waals surface area contributed by atoms with Gasteiger partial charge in [-0.1, -0.05) is 24.3 Å². The van der Waals surface area contributed by atoms with Crippen LogP contribution < -0.4 is 10.6 Å². The highest BCUT2D eigenvalue weighted by Crippen LogP contribution is 2.38. The van der Waals surface area contributed by atoms with Gasteiger partial charge in [0.25, 0.3) is 0 Å². The third-order valence-electron chi connectivity index (χ3n) is 5.30. The molecule has 6 nitrogen and oxygen atoms in total. The zero-order valence-electron chi connectivity index (χ0n) is 18.1. The molecule has 0 fully saturated rings. The minimum atomic E-state index is 0.557. The van der Waals surface area contributed by atoms with Crippen molar-refractivity contribution in [2.75, 3.05) is 24.7 Å². The second-order valence-corrected chi connectivity index (χ2v) is 7.12. The summed E-state index contributed by atoms with van der Waals surface area (Å²) in [6, 6.07) is 12.5. The Kier molecular flexibility index (Phi) is 5.71. The molecular weight excluding hydrogens is 372 g/mol. The van der Waals surface area contributed by atoms with E-state index in [4.69, 9.17) is 0 Å². The molecule has 0 saturated heterocycles. The number of nitrogens with one attached hydrogen (secondary N) is 2. The fourth-order valence-electron chi connectivity index (χ4n) is 3.97. The summed E-state index contributed by atoms with van der Waals surface area (Å²) in [5.41, 5.74) is 9.42. The third-order valence-corrected chi connectivity index (χ3v) is 5.30. The van der Waals surface area contributed by atoms with Gasteiger partial charge >= 0.3 is 0 Å². The molecule has 3 rings (SSSR count). The fourth-order valence-corrected chi connectivity index (χ4v) is 3.97. The van der Waals surface area contributed by atoms with Crippen LogP contribution in [0.4, 0.5) is 11.4 Å². The van der Waals surface area contributed by atoms with Gasteiger partial charge in [-0.2, -0.15) is 10.5 Å². The third kappa shape index (κ3) is 3.33. The normalized spacial score (nSPS) is 10.3. The van der Waals surface area contributed by atoms with Crippen LogP contribution >= 0.6 is 0 Å². The largest absolute Gasteiger partial charge is 0.386 e. The molecule has 0 bridgehead atoms. The summed E-state index contributed by atoms with van der Waals surface area (Å²) in [4.78, 5) is 8.99. The van der Waals surface area contributed by atoms with Crippen LogP contribution in [0.5, 0.6) is 0 Å². The number of nitrogens with zero attached hydrogens (tertiary/aromatic N) is 4. The number of anilines is 2. The predicted molar refractivity (Wildman–Crippen MR) is 120 cm³/mol. The maximum atomic E-state index is 9.73. The Labute approximate surface area is 177 Å². The summed E-state index contributed by atoms with van der Waals surface area (Å²) in [7, 11) is 3.67. The Morgan fingerprint density at radius 2 is 0.967 bits per heavy atom. The van der Waals surface area contributed by atoms with Crippen LogP contribution in [0.3, 0.4) is 0 Å². The summed E-state index contributed by atoms with van der Waals surface area (Å²) < 4.78 is 0. The van der Waals surface area contributed by atoms with Gasteiger partial charge in [0.2, 0.25) is 0 Å². The lowest BCUT2D eigenvalue weighted by Gasteiger charge is -2.18. The maximum absolute atomic E-state index is 9.73. The van der Waals surface area contributed by atoms with Crippen molar-refractivity contribution in [3.63, 3.8) is 0 Å². The monoisotopic (exact) mass is 396 g/mol. The fraction of sp³-hybridized carbons (Fsp3) is 0.250. The van der Waals surface area contributed by atoms with Crippen LogP contribution in [0.1, 0.15) is 33.9 Å². The van der Waals surface area contributed by atoms with Gasteiger partial charge in [0.05, 0.1) is 45.3 Å². The van der Waals surface area contributed by atoms with Crippen molar-refractivity contribution in [2.45, 2.75) is 27.7 Å². The molecule has 0 spiro atoms. The van der Waals surface area contributed by atoms with E-state index in [1.54, 1.807) is 0 Å². The quantitative estimate of drug-likeness (QED) is 0.653. The van der Waals surface area contributed by atoms with E-state index < -0.39 is 0 Å². The van der Waals surface area contributed by atoms with Crippen LogP contribution in [0, 0.1) is 50.4 Å². The number of nitriles is 2. The molecule has 0 amide bonds. The molecule has 3 aromatic rings. The highest BCUT2D eigenvalue weighted by atomic mass is 14.9. The number of benzene rings is 1. The number of aromatic nitrogens is 2. The van der Waals surface area contributed by atoms with Crippen LogP contribution in [-0.4, -0.2) is 24.1 Å². The predicted octanol–water partition coefficient (Wildman–Crippen LogP) is 4.87. The van der Waals surface area contributed by atoms with Crippen LogP contribution in [0.25, 0.3) is 22.3 Å². The van der Waals surface area contributed by atoms with Crippen molar-refractivity contribution in [3.8, 4) is 34.4 Å². The van der Waals surface area contributed by atoms with Gasteiger partial charge in [0.1, 0.15) is 12.1 Å². The molecule has 2 aromatic heterocycles. The van der Waals surface area contributed by atoms with E-state index >= 15 is 0 Å². The van der Waals surface area contributed by atoms with Gasteiger partial charge in [0.15, 0.2) is 0 Å². The molecule has 6 heteroatoms. The molecule has 30 heavy (non-hydrogen) atoms. The average molecular weight is 396 g/mol. The first-order valence-electron chi connectivity index (χ1n) is 9.66. The zero-order chi connectivity index (χ0) is 22.0. The molecule has 0 aliphatic rings. The molecule has 0 aliphatic carbocycles. The standard InChI is InChI=1S/C24H24N6/c1-13-19(11-25)21(23(27-5)15(3)29-13)17-7-9-18(10-8-17)22-20(12-26)14(2)30-16(4)24(22)28-6/h7-10,27-28H,1-6H3. The maximum Gasteiger partial charge on any atom is 0.102 e. The molecule has 150 valence electrons. The van der Waals surface area contributed by atoms with Crippen molar-refractivity contribution in [1.29, 1.82) is 10.5 Å². The second kappa shape index (κ2) is 8.23. The molecule has 1 aromatic carbocycles. The van der Waals surface area contributed by atoms with E-state index in [1.165, 1.54) is 0 Å². The zero-order valence-corrected chi connectivity index (χ0v) is 18.1. The van der Waals surface area contributed by atoms with E-state index in [1.807, 2.05) is 66.1 Å². The lowest BCUT2D eigenvalue weighted by atomic mass is 9.92. The van der Waals surface area contributed by atoms with Crippen LogP contribution in [-0.2, 0) is 0 Å². The number of rotatable bonds is 4. The number of pyridine rings is 2. The summed E-state index contributed by atoms with van der Waals surface area (Å²) >= 11 is 0. The highest BCUT2D eigenvalue weighted by molar-refractivity contribution is 5.88. The van der Waals surface area contributed by atoms with Gasteiger partial charge in [-0.15, -0.1) is 0 Å². The van der Waals surface area contributed by atoms with Gasteiger partial charge in [-0.25, -0.2) is 0 Å². The first-order valence-corrected chi connectivity index (χ1v) is 9.66. The summed E-state index contributed by atoms with van der Waals surface area (Å²) in [6.45, 7) is 7.56. The second-order valence-electron chi connectivity index (χ2n) is 7.12. The summed E-state index contributed by atoms with van der Waals surface area (Å²) in [5, 5.41) is 25.8. The first-order chi connectivity index (χ1) is 14.4. The van der Waals surface area contributed by atoms with Crippen LogP contribution in [0.2, 0.25) is 0 Å². The minimum Gasteiger partial charge on any atom is -0.386 e. The van der Waals surface area contributed by atoms with E-state index in [-0.39, 0.29) is 0 Å². The Morgan fingerprint density at radius 3 is 1.23 bits per heavy atom. The SMILES string of the molecule is CNc1c(C)nc(C)c(C#N)c1-c1ccc(-c2c(C#N)c(C)nc(C)c2NC)cc1. The van der Waals surface area contributed by atoms with Crippen molar-refractivity contribution < 1.29 is 0 Å². The molecular formula is C24H24N6. The number of aryl methyl sites for hydroxylation is 4. The van der Waals surface area contributed by atoms with Crippen molar-refractivity contribution in [3.05, 3.63) is 58.2 Å². The molecule has 2 N–H and O–H groups in total. The Morgan fingerprint density at radius 1 is 0.633 bits per heavy atom. The van der Waals surface area contributed by atoms with Crippen LogP contribution in [0.15, 0.2) is 24.3 Å². The van der Waals surface area contributed by atoms with E-state index in [0.717, 1.165) is 45.0 Å².